The molecule has 0 saturated carbocycles. The van der Waals surface area contributed by atoms with Gasteiger partial charge in [-0.05, 0) is 34.2 Å². The minimum Gasteiger partial charge on any atom is -0.456 e. The summed E-state index contributed by atoms with van der Waals surface area (Å²) < 4.78 is 6.29. The summed E-state index contributed by atoms with van der Waals surface area (Å²) in [5.74, 6) is 3.74. The molecule has 0 amide bonds. The van der Waals surface area contributed by atoms with E-state index in [4.69, 9.17) is 19.7 Å². The Morgan fingerprint density at radius 1 is 0.341 bits per heavy atom. The number of fused-ring (bicyclic) bond motifs is 2. The van der Waals surface area contributed by atoms with E-state index in [9.17, 15) is 0 Å². The Labute approximate surface area is 237 Å². The Bertz CT molecular complexity index is 2000. The van der Waals surface area contributed by atoms with Gasteiger partial charge in [0.15, 0.2) is 17.5 Å². The van der Waals surface area contributed by atoms with E-state index in [2.05, 4.69) is 66.7 Å². The Balaban J connectivity index is 1.23. The lowest BCUT2D eigenvalue weighted by atomic mass is 9.90. The Morgan fingerprint density at radius 2 is 0.878 bits per heavy atom. The van der Waals surface area contributed by atoms with Gasteiger partial charge in [-0.3, -0.25) is 0 Å². The number of rotatable bonds is 4. The highest BCUT2D eigenvalue weighted by molar-refractivity contribution is 6.09. The molecule has 0 unspecified atom stereocenters. The highest BCUT2D eigenvalue weighted by Crippen LogP contribution is 2.48. The quantitative estimate of drug-likeness (QED) is 0.230. The maximum absolute atomic E-state index is 6.29. The van der Waals surface area contributed by atoms with Gasteiger partial charge in [0.25, 0.3) is 0 Å². The zero-order valence-corrected chi connectivity index (χ0v) is 22.0. The third kappa shape index (κ3) is 4.05. The molecule has 8 rings (SSSR count). The molecule has 0 aliphatic carbocycles. The molecule has 0 spiro atoms. The molecule has 0 radical (unpaired) electrons. The van der Waals surface area contributed by atoms with Crippen molar-refractivity contribution >= 4 is 10.8 Å². The van der Waals surface area contributed by atoms with Crippen molar-refractivity contribution in [2.75, 3.05) is 0 Å². The van der Waals surface area contributed by atoms with E-state index in [-0.39, 0.29) is 0 Å². The number of para-hydroxylation sites is 1. The van der Waals surface area contributed by atoms with Crippen molar-refractivity contribution in [2.24, 2.45) is 0 Å². The highest BCUT2D eigenvalue weighted by atomic mass is 16.5. The Kier molecular flexibility index (Phi) is 5.42. The van der Waals surface area contributed by atoms with Crippen molar-refractivity contribution in [3.8, 4) is 67.9 Å². The molecule has 0 fully saturated rings. The molecule has 0 atom stereocenters. The second-order valence-corrected chi connectivity index (χ2v) is 10.1. The van der Waals surface area contributed by atoms with Crippen molar-refractivity contribution in [2.45, 2.75) is 0 Å². The van der Waals surface area contributed by atoms with Crippen molar-refractivity contribution in [1.82, 2.24) is 15.0 Å². The second kappa shape index (κ2) is 9.54. The van der Waals surface area contributed by atoms with Crippen LogP contribution in [0.1, 0.15) is 0 Å². The fourth-order valence-corrected chi connectivity index (χ4v) is 5.57. The minimum absolute atomic E-state index is 0.645. The molecule has 1 aliphatic rings. The largest absolute Gasteiger partial charge is 0.456 e. The molecule has 6 aromatic carbocycles. The van der Waals surface area contributed by atoms with Gasteiger partial charge in [0, 0.05) is 27.6 Å². The van der Waals surface area contributed by atoms with Gasteiger partial charge in [0.05, 0.1) is 0 Å². The molecule has 2 heterocycles. The van der Waals surface area contributed by atoms with Crippen LogP contribution in [0.25, 0.3) is 67.2 Å². The normalized spacial score (nSPS) is 11.6. The minimum atomic E-state index is 0.645. The number of nitrogens with zero attached hydrogens (tertiary/aromatic N) is 3. The topological polar surface area (TPSA) is 47.9 Å². The summed E-state index contributed by atoms with van der Waals surface area (Å²) in [6, 6.07) is 47.5. The lowest BCUT2D eigenvalue weighted by Crippen LogP contribution is -2.00. The first kappa shape index (κ1) is 23.3. The summed E-state index contributed by atoms with van der Waals surface area (Å²) in [6.07, 6.45) is 0. The van der Waals surface area contributed by atoms with Gasteiger partial charge in [-0.15, -0.1) is 0 Å². The molecule has 7 aromatic rings. The molecule has 192 valence electrons. The van der Waals surface area contributed by atoms with Crippen LogP contribution in [0.5, 0.6) is 11.5 Å². The predicted octanol–water partition coefficient (Wildman–Crippen LogP) is 9.47. The first-order chi connectivity index (χ1) is 20.3. The van der Waals surface area contributed by atoms with Crippen LogP contribution in [0.4, 0.5) is 0 Å². The van der Waals surface area contributed by atoms with Crippen molar-refractivity contribution in [3.05, 3.63) is 140 Å². The Morgan fingerprint density at radius 3 is 1.54 bits per heavy atom. The molecule has 0 N–H and O–H groups in total. The van der Waals surface area contributed by atoms with E-state index in [0.29, 0.717) is 17.5 Å². The molecule has 4 nitrogen and oxygen atoms in total. The van der Waals surface area contributed by atoms with Gasteiger partial charge in [-0.1, -0.05) is 127 Å². The van der Waals surface area contributed by atoms with Crippen LogP contribution in [0.15, 0.2) is 140 Å². The Hall–Kier alpha value is -5.61. The fourth-order valence-electron chi connectivity index (χ4n) is 5.57. The first-order valence-electron chi connectivity index (χ1n) is 13.6. The van der Waals surface area contributed by atoms with Gasteiger partial charge >= 0.3 is 0 Å². The van der Waals surface area contributed by atoms with Crippen LogP contribution in [-0.4, -0.2) is 15.0 Å². The zero-order chi connectivity index (χ0) is 27.2. The number of ether oxygens (including phenoxy) is 1. The van der Waals surface area contributed by atoms with Gasteiger partial charge in [0.1, 0.15) is 11.5 Å². The van der Waals surface area contributed by atoms with E-state index in [1.807, 2.05) is 72.8 Å². The van der Waals surface area contributed by atoms with Gasteiger partial charge < -0.3 is 4.74 Å². The molecule has 0 saturated heterocycles. The summed E-state index contributed by atoms with van der Waals surface area (Å²) in [6.45, 7) is 0. The van der Waals surface area contributed by atoms with Crippen molar-refractivity contribution in [3.63, 3.8) is 0 Å². The predicted molar refractivity (Wildman–Crippen MR) is 165 cm³/mol. The molecule has 4 heteroatoms. The molecule has 0 bridgehead atoms. The molecular weight excluding hydrogens is 502 g/mol. The van der Waals surface area contributed by atoms with Crippen LogP contribution >= 0.6 is 0 Å². The van der Waals surface area contributed by atoms with Gasteiger partial charge in [-0.25, -0.2) is 15.0 Å². The molecule has 1 aliphatic heterocycles. The summed E-state index contributed by atoms with van der Waals surface area (Å²) in [5.41, 5.74) is 7.45. The van der Waals surface area contributed by atoms with Crippen molar-refractivity contribution in [1.29, 1.82) is 0 Å². The van der Waals surface area contributed by atoms with E-state index in [0.717, 1.165) is 50.3 Å². The number of aromatic nitrogens is 3. The average Bonchev–Trinajstić information content (AvgIpc) is 3.06. The van der Waals surface area contributed by atoms with E-state index in [1.54, 1.807) is 0 Å². The van der Waals surface area contributed by atoms with Crippen LogP contribution in [0.3, 0.4) is 0 Å². The second-order valence-electron chi connectivity index (χ2n) is 10.1. The highest BCUT2D eigenvalue weighted by Gasteiger charge is 2.21. The zero-order valence-electron chi connectivity index (χ0n) is 22.0. The average molecular weight is 526 g/mol. The van der Waals surface area contributed by atoms with Crippen LogP contribution in [0.2, 0.25) is 0 Å². The van der Waals surface area contributed by atoms with E-state index >= 15 is 0 Å². The van der Waals surface area contributed by atoms with Crippen molar-refractivity contribution < 1.29 is 4.74 Å². The van der Waals surface area contributed by atoms with Crippen LogP contribution < -0.4 is 4.74 Å². The van der Waals surface area contributed by atoms with Gasteiger partial charge in [-0.2, -0.15) is 0 Å². The number of hydrogen-bond acceptors (Lipinski definition) is 4. The molecular formula is C37H23N3O. The first-order valence-corrected chi connectivity index (χ1v) is 13.6. The fraction of sp³-hybridized carbons (Fsp3) is 0. The molecule has 41 heavy (non-hydrogen) atoms. The SMILES string of the molecule is c1ccc(-c2nc(-c3ccccc3)nc(-c3ccc(-c4ccc5c6c(cccc46)-c4ccccc4O5)cc3)n2)cc1. The summed E-state index contributed by atoms with van der Waals surface area (Å²) in [5, 5.41) is 2.31. The lowest BCUT2D eigenvalue weighted by molar-refractivity contribution is 0.487. The lowest BCUT2D eigenvalue weighted by Gasteiger charge is -2.22. The maximum Gasteiger partial charge on any atom is 0.164 e. The smallest absolute Gasteiger partial charge is 0.164 e. The number of benzene rings is 6. The van der Waals surface area contributed by atoms with E-state index in [1.165, 1.54) is 10.9 Å². The third-order valence-corrected chi connectivity index (χ3v) is 7.55. The monoisotopic (exact) mass is 525 g/mol. The summed E-state index contributed by atoms with van der Waals surface area (Å²) >= 11 is 0. The van der Waals surface area contributed by atoms with Crippen LogP contribution in [-0.2, 0) is 0 Å². The van der Waals surface area contributed by atoms with Crippen LogP contribution in [0, 0.1) is 0 Å². The summed E-state index contributed by atoms with van der Waals surface area (Å²) in [7, 11) is 0. The van der Waals surface area contributed by atoms with E-state index < -0.39 is 0 Å². The molecule has 1 aromatic heterocycles. The third-order valence-electron chi connectivity index (χ3n) is 7.55. The maximum atomic E-state index is 6.29. The number of hydrogen-bond donors (Lipinski definition) is 0. The standard InChI is InChI=1S/C37H23N3O/c1-3-10-25(11-4-1)35-38-36(26-12-5-2-6-13-26)40-37(39-35)27-20-18-24(19-21-27)28-22-23-33-34-30(28)15-9-16-31(34)29-14-7-8-17-32(29)41-33/h1-23H. The summed E-state index contributed by atoms with van der Waals surface area (Å²) in [4.78, 5) is 14.6. The van der Waals surface area contributed by atoms with Gasteiger partial charge in [0.2, 0.25) is 0 Å².